The first kappa shape index (κ1) is 14.1. The van der Waals surface area contributed by atoms with Crippen LogP contribution in [0.4, 0.5) is 4.39 Å². The fraction of sp³-hybridized carbons (Fsp3) is 0.176. The fourth-order valence-electron chi connectivity index (χ4n) is 2.28. The minimum absolute atomic E-state index is 0.276. The first-order chi connectivity index (χ1) is 10.2. The number of nitrogens with one attached hydrogen (secondary N) is 1. The highest BCUT2D eigenvalue weighted by Gasteiger charge is 2.11. The Hall–Kier alpha value is -1.84. The van der Waals surface area contributed by atoms with Gasteiger partial charge in [0.2, 0.25) is 0 Å². The van der Waals surface area contributed by atoms with E-state index in [9.17, 15) is 4.39 Å². The van der Waals surface area contributed by atoms with Gasteiger partial charge in [0.15, 0.2) is 0 Å². The smallest absolute Gasteiger partial charge is 0.136 e. The van der Waals surface area contributed by atoms with Gasteiger partial charge < -0.3 is 9.73 Å². The summed E-state index contributed by atoms with van der Waals surface area (Å²) in [5, 5.41) is 4.62. The molecule has 2 nitrogen and oxygen atoms in total. The molecule has 1 heterocycles. The van der Waals surface area contributed by atoms with Crippen LogP contribution in [0.1, 0.15) is 12.5 Å². The Kier molecular flexibility index (Phi) is 3.95. The minimum Gasteiger partial charge on any atom is -0.456 e. The Labute approximate surface area is 127 Å². The normalized spacial score (nSPS) is 11.2. The third-order valence-corrected chi connectivity index (χ3v) is 3.67. The molecule has 3 rings (SSSR count). The standard InChI is InChI=1S/C17H15ClFNO/c1-2-20-10-11-3-5-14(15(18)7-11)17-9-12-8-13(19)4-6-16(12)21-17/h3-9,20H,2,10H2,1H3. The monoisotopic (exact) mass is 303 g/mol. The predicted molar refractivity (Wildman–Crippen MR) is 84.0 cm³/mol. The Morgan fingerprint density at radius 1 is 1.14 bits per heavy atom. The molecule has 0 aliphatic heterocycles. The maximum absolute atomic E-state index is 13.2. The summed E-state index contributed by atoms with van der Waals surface area (Å²) in [6.45, 7) is 3.75. The Balaban J connectivity index is 1.98. The molecular weight excluding hydrogens is 289 g/mol. The van der Waals surface area contributed by atoms with Crippen LogP contribution in [-0.2, 0) is 6.54 Å². The lowest BCUT2D eigenvalue weighted by molar-refractivity contribution is 0.619. The molecule has 0 bridgehead atoms. The molecule has 0 aliphatic rings. The van der Waals surface area contributed by atoms with Crippen LogP contribution >= 0.6 is 11.6 Å². The van der Waals surface area contributed by atoms with Crippen LogP contribution in [0.5, 0.6) is 0 Å². The average molecular weight is 304 g/mol. The Morgan fingerprint density at radius 3 is 2.76 bits per heavy atom. The summed E-state index contributed by atoms with van der Waals surface area (Å²) in [5.41, 5.74) is 2.58. The van der Waals surface area contributed by atoms with E-state index in [-0.39, 0.29) is 5.82 Å². The molecule has 0 saturated carbocycles. The third-order valence-electron chi connectivity index (χ3n) is 3.36. The van der Waals surface area contributed by atoms with Crippen molar-refractivity contribution in [3.8, 4) is 11.3 Å². The van der Waals surface area contributed by atoms with Gasteiger partial charge in [-0.25, -0.2) is 4.39 Å². The molecule has 0 spiro atoms. The summed E-state index contributed by atoms with van der Waals surface area (Å²) in [5.74, 6) is 0.373. The molecule has 2 aromatic carbocycles. The van der Waals surface area contributed by atoms with Crippen LogP contribution < -0.4 is 5.32 Å². The number of halogens is 2. The van der Waals surface area contributed by atoms with Crippen molar-refractivity contribution < 1.29 is 8.81 Å². The lowest BCUT2D eigenvalue weighted by Crippen LogP contribution is -2.11. The van der Waals surface area contributed by atoms with E-state index in [1.807, 2.05) is 24.3 Å². The number of fused-ring (bicyclic) bond motifs is 1. The topological polar surface area (TPSA) is 25.2 Å². The molecule has 0 atom stereocenters. The van der Waals surface area contributed by atoms with Gasteiger partial charge in [-0.1, -0.05) is 24.6 Å². The highest BCUT2D eigenvalue weighted by molar-refractivity contribution is 6.33. The lowest BCUT2D eigenvalue weighted by Gasteiger charge is -2.05. The fourth-order valence-corrected chi connectivity index (χ4v) is 2.58. The van der Waals surface area contributed by atoms with E-state index in [0.29, 0.717) is 16.4 Å². The van der Waals surface area contributed by atoms with E-state index in [1.165, 1.54) is 12.1 Å². The maximum atomic E-state index is 13.2. The minimum atomic E-state index is -0.276. The SMILES string of the molecule is CCNCc1ccc(-c2cc3cc(F)ccc3o2)c(Cl)c1. The second kappa shape index (κ2) is 5.88. The van der Waals surface area contributed by atoms with Gasteiger partial charge >= 0.3 is 0 Å². The zero-order valence-electron chi connectivity index (χ0n) is 11.6. The molecule has 1 N–H and O–H groups in total. The lowest BCUT2D eigenvalue weighted by atomic mass is 10.1. The van der Waals surface area contributed by atoms with Gasteiger partial charge in [-0.15, -0.1) is 0 Å². The van der Waals surface area contributed by atoms with Gasteiger partial charge in [-0.05, 0) is 48.5 Å². The van der Waals surface area contributed by atoms with Crippen LogP contribution in [0.2, 0.25) is 5.02 Å². The van der Waals surface area contributed by atoms with E-state index >= 15 is 0 Å². The Bertz CT molecular complexity index is 782. The van der Waals surface area contributed by atoms with E-state index < -0.39 is 0 Å². The predicted octanol–water partition coefficient (Wildman–Crippen LogP) is 5.00. The van der Waals surface area contributed by atoms with Crippen LogP contribution in [0, 0.1) is 5.82 Å². The largest absolute Gasteiger partial charge is 0.456 e. The van der Waals surface area contributed by atoms with Crippen molar-refractivity contribution in [3.63, 3.8) is 0 Å². The van der Waals surface area contributed by atoms with Crippen molar-refractivity contribution in [2.24, 2.45) is 0 Å². The molecule has 0 fully saturated rings. The van der Waals surface area contributed by atoms with Crippen molar-refractivity contribution in [1.82, 2.24) is 5.32 Å². The molecule has 1 aromatic heterocycles. The Morgan fingerprint density at radius 2 is 2.00 bits per heavy atom. The van der Waals surface area contributed by atoms with E-state index in [2.05, 4.69) is 12.2 Å². The number of rotatable bonds is 4. The summed E-state index contributed by atoms with van der Waals surface area (Å²) in [6, 6.07) is 12.1. The quantitative estimate of drug-likeness (QED) is 0.733. The number of hydrogen-bond acceptors (Lipinski definition) is 2. The van der Waals surface area contributed by atoms with Crippen molar-refractivity contribution in [1.29, 1.82) is 0 Å². The van der Waals surface area contributed by atoms with Crippen LogP contribution in [0.3, 0.4) is 0 Å². The van der Waals surface area contributed by atoms with E-state index in [1.54, 1.807) is 6.07 Å². The van der Waals surface area contributed by atoms with Crippen LogP contribution in [0.15, 0.2) is 46.9 Å². The van der Waals surface area contributed by atoms with Gasteiger partial charge in [-0.3, -0.25) is 0 Å². The van der Waals surface area contributed by atoms with Crippen molar-refractivity contribution in [2.45, 2.75) is 13.5 Å². The van der Waals surface area contributed by atoms with Gasteiger partial charge in [0.25, 0.3) is 0 Å². The van der Waals surface area contributed by atoms with Crippen molar-refractivity contribution in [2.75, 3.05) is 6.54 Å². The van der Waals surface area contributed by atoms with Crippen molar-refractivity contribution >= 4 is 22.6 Å². The number of furan rings is 1. The van der Waals surface area contributed by atoms with Gasteiger partial charge in [0, 0.05) is 17.5 Å². The molecule has 3 aromatic rings. The van der Waals surface area contributed by atoms with Crippen LogP contribution in [-0.4, -0.2) is 6.54 Å². The molecule has 0 aliphatic carbocycles. The zero-order chi connectivity index (χ0) is 14.8. The average Bonchev–Trinajstić information content (AvgIpc) is 2.87. The molecule has 4 heteroatoms. The summed E-state index contributed by atoms with van der Waals surface area (Å²) >= 11 is 6.34. The zero-order valence-corrected chi connectivity index (χ0v) is 12.4. The second-order valence-corrected chi connectivity index (χ2v) is 5.29. The van der Waals surface area contributed by atoms with E-state index in [0.717, 1.165) is 29.6 Å². The van der Waals surface area contributed by atoms with E-state index in [4.69, 9.17) is 16.0 Å². The summed E-state index contributed by atoms with van der Waals surface area (Å²) in [7, 11) is 0. The number of hydrogen-bond donors (Lipinski definition) is 1. The molecule has 0 radical (unpaired) electrons. The van der Waals surface area contributed by atoms with Gasteiger partial charge in [0.05, 0.1) is 5.02 Å². The summed E-state index contributed by atoms with van der Waals surface area (Å²) in [6.07, 6.45) is 0. The first-order valence-corrected chi connectivity index (χ1v) is 7.24. The summed E-state index contributed by atoms with van der Waals surface area (Å²) in [4.78, 5) is 0. The molecule has 21 heavy (non-hydrogen) atoms. The third kappa shape index (κ3) is 2.94. The molecule has 0 unspecified atom stereocenters. The highest BCUT2D eigenvalue weighted by atomic mass is 35.5. The second-order valence-electron chi connectivity index (χ2n) is 4.89. The van der Waals surface area contributed by atoms with Gasteiger partial charge in [0.1, 0.15) is 17.2 Å². The first-order valence-electron chi connectivity index (χ1n) is 6.86. The molecular formula is C17H15ClFNO. The van der Waals surface area contributed by atoms with Crippen molar-refractivity contribution in [3.05, 3.63) is 58.9 Å². The molecule has 0 amide bonds. The molecule has 0 saturated heterocycles. The highest BCUT2D eigenvalue weighted by Crippen LogP contribution is 2.33. The molecule has 108 valence electrons. The maximum Gasteiger partial charge on any atom is 0.136 e. The number of benzene rings is 2. The van der Waals surface area contributed by atoms with Crippen LogP contribution in [0.25, 0.3) is 22.3 Å². The van der Waals surface area contributed by atoms with Gasteiger partial charge in [-0.2, -0.15) is 0 Å². The summed E-state index contributed by atoms with van der Waals surface area (Å²) < 4.78 is 19.0.